The Morgan fingerprint density at radius 2 is 1.35 bits per heavy atom. The van der Waals surface area contributed by atoms with Crippen molar-refractivity contribution in [2.45, 2.75) is 103 Å². The smallest absolute Gasteiger partial charge is 0.184 e. The van der Waals surface area contributed by atoms with Crippen LogP contribution >= 0.6 is 15.9 Å². The first-order chi connectivity index (χ1) is 12.7. The zero-order valence-corrected chi connectivity index (χ0v) is 18.6. The molecular weight excluding hydrogens is 390 g/mol. The van der Waals surface area contributed by atoms with Crippen molar-refractivity contribution in [1.29, 1.82) is 0 Å². The third-order valence-electron chi connectivity index (χ3n) is 4.96. The number of halogens is 1. The molecule has 154 valence electrons. The Bertz CT molecular complexity index is 336. The molecule has 0 aromatic heterocycles. The molecule has 0 rings (SSSR count). The lowest BCUT2D eigenvalue weighted by atomic mass is 10.0. The van der Waals surface area contributed by atoms with E-state index in [0.29, 0.717) is 12.0 Å². The van der Waals surface area contributed by atoms with Gasteiger partial charge in [-0.15, -0.1) is 0 Å². The van der Waals surface area contributed by atoms with Crippen LogP contribution in [0, 0.1) is 0 Å². The summed E-state index contributed by atoms with van der Waals surface area (Å²) in [5.41, 5.74) is 0.687. The molecule has 0 aliphatic heterocycles. The van der Waals surface area contributed by atoms with Crippen LogP contribution in [0.3, 0.4) is 0 Å². The summed E-state index contributed by atoms with van der Waals surface area (Å²) in [6, 6.07) is 0. The standard InChI is InChI=1S/C22H42BrNO2/c1-3-5-6-7-8-9-10-11-12-13-14-15-16-17-18-24(20-23)19-22(26)21(25)4-2/h4,22,26H,2-3,5-20H2,1H3. The molecule has 1 N–H and O–H groups in total. The first kappa shape index (κ1) is 25.8. The summed E-state index contributed by atoms with van der Waals surface area (Å²) < 4.78 is 0. The number of carbonyl (C=O) groups excluding carboxylic acids is 1. The fourth-order valence-electron chi connectivity index (χ4n) is 3.20. The monoisotopic (exact) mass is 431 g/mol. The first-order valence-electron chi connectivity index (χ1n) is 10.8. The number of ketones is 1. The average molecular weight is 432 g/mol. The van der Waals surface area contributed by atoms with Crippen LogP contribution in [0.5, 0.6) is 0 Å². The van der Waals surface area contributed by atoms with Crippen LogP contribution in [0.25, 0.3) is 0 Å². The largest absolute Gasteiger partial charge is 0.384 e. The maximum Gasteiger partial charge on any atom is 0.184 e. The molecule has 4 heteroatoms. The predicted molar refractivity (Wildman–Crippen MR) is 117 cm³/mol. The van der Waals surface area contributed by atoms with E-state index in [1.165, 1.54) is 89.5 Å². The van der Waals surface area contributed by atoms with Gasteiger partial charge in [0.1, 0.15) is 6.10 Å². The van der Waals surface area contributed by atoms with E-state index in [-0.39, 0.29) is 5.78 Å². The normalized spacial score (nSPS) is 12.5. The zero-order valence-electron chi connectivity index (χ0n) is 17.1. The van der Waals surface area contributed by atoms with Crippen molar-refractivity contribution in [3.63, 3.8) is 0 Å². The number of hydrogen-bond acceptors (Lipinski definition) is 3. The molecule has 0 aromatic rings. The van der Waals surface area contributed by atoms with Crippen molar-refractivity contribution in [2.75, 3.05) is 18.5 Å². The Balaban J connectivity index is 3.38. The topological polar surface area (TPSA) is 40.5 Å². The zero-order chi connectivity index (χ0) is 19.5. The molecule has 26 heavy (non-hydrogen) atoms. The van der Waals surface area contributed by atoms with Crippen molar-refractivity contribution >= 4 is 21.7 Å². The van der Waals surface area contributed by atoms with E-state index >= 15 is 0 Å². The van der Waals surface area contributed by atoms with E-state index in [1.807, 2.05) is 0 Å². The van der Waals surface area contributed by atoms with Crippen molar-refractivity contribution in [1.82, 2.24) is 4.90 Å². The Hall–Kier alpha value is -0.190. The fraction of sp³-hybridized carbons (Fsp3) is 0.864. The van der Waals surface area contributed by atoms with Gasteiger partial charge in [-0.1, -0.05) is 113 Å². The Labute approximate surface area is 170 Å². The van der Waals surface area contributed by atoms with Crippen LogP contribution in [0.4, 0.5) is 0 Å². The number of hydrogen-bond donors (Lipinski definition) is 1. The van der Waals surface area contributed by atoms with Gasteiger partial charge in [0, 0.05) is 6.54 Å². The number of rotatable bonds is 20. The molecule has 0 amide bonds. The van der Waals surface area contributed by atoms with Gasteiger partial charge in [0.2, 0.25) is 0 Å². The average Bonchev–Trinajstić information content (AvgIpc) is 2.66. The van der Waals surface area contributed by atoms with Gasteiger partial charge in [-0.2, -0.15) is 0 Å². The molecular formula is C22H42BrNO2. The summed E-state index contributed by atoms with van der Waals surface area (Å²) in [6.07, 6.45) is 19.2. The molecule has 0 saturated carbocycles. The Morgan fingerprint density at radius 3 is 1.73 bits per heavy atom. The highest BCUT2D eigenvalue weighted by Crippen LogP contribution is 2.13. The number of nitrogens with zero attached hydrogens (tertiary/aromatic N) is 1. The maximum atomic E-state index is 11.4. The quantitative estimate of drug-likeness (QED) is 0.107. The van der Waals surface area contributed by atoms with E-state index in [4.69, 9.17) is 0 Å². The number of aliphatic hydroxyl groups excluding tert-OH is 1. The molecule has 0 aliphatic carbocycles. The van der Waals surface area contributed by atoms with Gasteiger partial charge in [-0.3, -0.25) is 9.69 Å². The van der Waals surface area contributed by atoms with E-state index < -0.39 is 6.10 Å². The van der Waals surface area contributed by atoms with Crippen molar-refractivity contribution < 1.29 is 9.90 Å². The van der Waals surface area contributed by atoms with Gasteiger partial charge in [-0.25, -0.2) is 0 Å². The number of unbranched alkanes of at least 4 members (excludes halogenated alkanes) is 13. The van der Waals surface area contributed by atoms with Crippen molar-refractivity contribution in [3.05, 3.63) is 12.7 Å². The molecule has 0 saturated heterocycles. The lowest BCUT2D eigenvalue weighted by Crippen LogP contribution is -2.36. The van der Waals surface area contributed by atoms with Gasteiger partial charge >= 0.3 is 0 Å². The van der Waals surface area contributed by atoms with Crippen molar-refractivity contribution in [3.8, 4) is 0 Å². The minimum atomic E-state index is -0.948. The minimum Gasteiger partial charge on any atom is -0.384 e. The molecule has 0 aromatic carbocycles. The minimum absolute atomic E-state index is 0.295. The number of carbonyl (C=O) groups is 1. The van der Waals surface area contributed by atoms with Crippen molar-refractivity contribution in [2.24, 2.45) is 0 Å². The molecule has 0 heterocycles. The molecule has 0 fully saturated rings. The van der Waals surface area contributed by atoms with Crippen LogP contribution in [-0.2, 0) is 4.79 Å². The van der Waals surface area contributed by atoms with E-state index in [2.05, 4.69) is 34.3 Å². The van der Waals surface area contributed by atoms with Gasteiger partial charge in [0.15, 0.2) is 5.78 Å². The van der Waals surface area contributed by atoms with Crippen LogP contribution < -0.4 is 0 Å². The molecule has 3 nitrogen and oxygen atoms in total. The molecule has 0 spiro atoms. The second-order valence-electron chi connectivity index (χ2n) is 7.42. The van der Waals surface area contributed by atoms with Gasteiger partial charge < -0.3 is 5.11 Å². The fourth-order valence-corrected chi connectivity index (χ4v) is 3.66. The number of aliphatic hydroxyl groups is 1. The van der Waals surface area contributed by atoms with E-state index in [9.17, 15) is 9.90 Å². The highest BCUT2D eigenvalue weighted by atomic mass is 79.9. The van der Waals surface area contributed by atoms with E-state index in [1.54, 1.807) is 0 Å². The second kappa shape index (κ2) is 19.6. The first-order valence-corrected chi connectivity index (χ1v) is 11.9. The molecule has 0 bridgehead atoms. The van der Waals surface area contributed by atoms with Crippen LogP contribution in [0.1, 0.15) is 96.8 Å². The molecule has 1 atom stereocenters. The number of alkyl halides is 1. The molecule has 0 aliphatic rings. The summed E-state index contributed by atoms with van der Waals surface area (Å²) in [4.78, 5) is 13.4. The Morgan fingerprint density at radius 1 is 0.923 bits per heavy atom. The SMILES string of the molecule is C=CC(=O)C(O)CN(CBr)CCCCCCCCCCCCCCCC. The lowest BCUT2D eigenvalue weighted by Gasteiger charge is -2.21. The van der Waals surface area contributed by atoms with Gasteiger partial charge in [0.25, 0.3) is 0 Å². The van der Waals surface area contributed by atoms with Gasteiger partial charge in [-0.05, 0) is 19.0 Å². The Kier molecular flexibility index (Phi) is 19.4. The summed E-state index contributed by atoms with van der Waals surface area (Å²) >= 11 is 3.43. The highest BCUT2D eigenvalue weighted by molar-refractivity contribution is 9.09. The maximum absolute atomic E-state index is 11.4. The predicted octanol–water partition coefficient (Wildman–Crippen LogP) is 6.24. The summed E-state index contributed by atoms with van der Waals surface area (Å²) in [7, 11) is 0. The second-order valence-corrected chi connectivity index (χ2v) is 7.92. The third-order valence-corrected chi connectivity index (χ3v) is 5.67. The lowest BCUT2D eigenvalue weighted by molar-refractivity contribution is -0.123. The summed E-state index contributed by atoms with van der Waals surface area (Å²) in [6.45, 7) is 6.99. The van der Waals surface area contributed by atoms with Crippen LogP contribution in [0.15, 0.2) is 12.7 Å². The van der Waals surface area contributed by atoms with Crippen LogP contribution in [0.2, 0.25) is 0 Å². The third kappa shape index (κ3) is 16.0. The molecule has 1 unspecified atom stereocenters. The molecule has 0 radical (unpaired) electrons. The summed E-state index contributed by atoms with van der Waals surface area (Å²) in [5.74, 6) is -0.295. The summed E-state index contributed by atoms with van der Waals surface area (Å²) in [5, 5.41) is 9.75. The van der Waals surface area contributed by atoms with Gasteiger partial charge in [0.05, 0.1) is 5.45 Å². The van der Waals surface area contributed by atoms with E-state index in [0.717, 1.165) is 13.0 Å². The highest BCUT2D eigenvalue weighted by Gasteiger charge is 2.15. The van der Waals surface area contributed by atoms with Crippen LogP contribution in [-0.4, -0.2) is 40.4 Å².